The molecule has 0 aliphatic heterocycles. The molecule has 0 unspecified atom stereocenters. The van der Waals surface area contributed by atoms with Gasteiger partial charge in [0.1, 0.15) is 23.1 Å². The summed E-state index contributed by atoms with van der Waals surface area (Å²) in [4.78, 5) is 0. The van der Waals surface area contributed by atoms with Crippen LogP contribution in [0.5, 0.6) is 0 Å². The molecule has 8 heteroatoms. The first-order valence-electron chi connectivity index (χ1n) is 6.16. The Morgan fingerprint density at radius 3 is 2.50 bits per heavy atom. The van der Waals surface area contributed by atoms with Crippen LogP contribution in [-0.4, -0.2) is 23.9 Å². The Morgan fingerprint density at radius 2 is 1.82 bits per heavy atom. The number of aromatic nitrogens is 2. The summed E-state index contributed by atoms with van der Waals surface area (Å²) in [6, 6.07) is 7.55. The summed E-state index contributed by atoms with van der Waals surface area (Å²) < 4.78 is 56.2. The van der Waals surface area contributed by atoms with E-state index in [1.54, 1.807) is 0 Å². The normalized spacial score (nSPS) is 11.8. The van der Waals surface area contributed by atoms with Crippen molar-refractivity contribution in [1.82, 2.24) is 9.19 Å². The highest BCUT2D eigenvalue weighted by molar-refractivity contribution is 7.89. The summed E-state index contributed by atoms with van der Waals surface area (Å²) >= 11 is 0. The van der Waals surface area contributed by atoms with Gasteiger partial charge in [0.15, 0.2) is 5.76 Å². The Hall–Kier alpha value is -2.48. The van der Waals surface area contributed by atoms with E-state index >= 15 is 0 Å². The van der Waals surface area contributed by atoms with Crippen molar-refractivity contribution in [1.29, 1.82) is 0 Å². The molecule has 2 heterocycles. The highest BCUT2D eigenvalue weighted by Gasteiger charge is 2.18. The highest BCUT2D eigenvalue weighted by atomic mass is 32.2. The van der Waals surface area contributed by atoms with Gasteiger partial charge in [-0.15, -0.1) is 0 Å². The largest absolute Gasteiger partial charge is 0.454 e. The fourth-order valence-electron chi connectivity index (χ4n) is 2.04. The second-order valence-electron chi connectivity index (χ2n) is 4.61. The summed E-state index contributed by atoms with van der Waals surface area (Å²) in [5.74, 6) is -1.09. The van der Waals surface area contributed by atoms with Crippen molar-refractivity contribution in [3.8, 4) is 22.8 Å². The van der Waals surface area contributed by atoms with Crippen molar-refractivity contribution in [2.75, 3.05) is 6.26 Å². The van der Waals surface area contributed by atoms with Crippen molar-refractivity contribution >= 4 is 10.0 Å². The standard InChI is InChI=1S/C14H10F2N2O3S/c1-22(19,20)18-12(6-7-17-18)14-5-4-13(21-14)10-3-2-9(15)8-11(10)16/h2-8H,1H3. The minimum atomic E-state index is -3.59. The van der Waals surface area contributed by atoms with Crippen LogP contribution in [0.1, 0.15) is 0 Å². The first-order chi connectivity index (χ1) is 10.4. The summed E-state index contributed by atoms with van der Waals surface area (Å²) in [5.41, 5.74) is 0.300. The smallest absolute Gasteiger partial charge is 0.251 e. The minimum Gasteiger partial charge on any atom is -0.454 e. The van der Waals surface area contributed by atoms with Crippen LogP contribution in [0.25, 0.3) is 22.8 Å². The van der Waals surface area contributed by atoms with Gasteiger partial charge in [0.05, 0.1) is 18.0 Å². The molecule has 3 rings (SSSR count). The molecule has 0 aliphatic carbocycles. The Morgan fingerprint density at radius 1 is 1.09 bits per heavy atom. The molecule has 2 aromatic heterocycles. The number of nitrogens with zero attached hydrogens (tertiary/aromatic N) is 2. The van der Waals surface area contributed by atoms with Gasteiger partial charge in [0, 0.05) is 6.07 Å². The van der Waals surface area contributed by atoms with Gasteiger partial charge >= 0.3 is 0 Å². The van der Waals surface area contributed by atoms with E-state index in [-0.39, 0.29) is 22.8 Å². The van der Waals surface area contributed by atoms with Crippen molar-refractivity contribution < 1.29 is 21.6 Å². The zero-order chi connectivity index (χ0) is 15.9. The molecule has 0 aliphatic rings. The van der Waals surface area contributed by atoms with Crippen LogP contribution in [0, 0.1) is 11.6 Å². The summed E-state index contributed by atoms with van der Waals surface area (Å²) in [6.45, 7) is 0. The lowest BCUT2D eigenvalue weighted by molar-refractivity contribution is 0.562. The molecule has 0 amide bonds. The van der Waals surface area contributed by atoms with Crippen molar-refractivity contribution in [3.63, 3.8) is 0 Å². The Labute approximate surface area is 124 Å². The summed E-state index contributed by atoms with van der Waals surface area (Å²) in [5, 5.41) is 3.72. The van der Waals surface area contributed by atoms with Crippen LogP contribution < -0.4 is 0 Å². The second kappa shape index (κ2) is 5.06. The van der Waals surface area contributed by atoms with Crippen molar-refractivity contribution in [2.24, 2.45) is 0 Å². The average Bonchev–Trinajstić information content (AvgIpc) is 3.06. The molecule has 114 valence electrons. The fraction of sp³-hybridized carbons (Fsp3) is 0.0714. The molecule has 0 fully saturated rings. The van der Waals surface area contributed by atoms with Gasteiger partial charge in [-0.3, -0.25) is 0 Å². The molecule has 0 spiro atoms. The molecule has 0 bridgehead atoms. The van der Waals surface area contributed by atoms with Crippen molar-refractivity contribution in [3.05, 3.63) is 54.2 Å². The fourth-order valence-corrected chi connectivity index (χ4v) is 2.77. The van der Waals surface area contributed by atoms with Gasteiger partial charge in [0.2, 0.25) is 0 Å². The molecule has 0 N–H and O–H groups in total. The summed E-state index contributed by atoms with van der Waals surface area (Å²) in [6.07, 6.45) is 2.32. The first kappa shape index (κ1) is 14.5. The van der Waals surface area contributed by atoms with Crippen LogP contribution >= 0.6 is 0 Å². The molecule has 0 saturated heterocycles. The maximum Gasteiger partial charge on any atom is 0.251 e. The van der Waals surface area contributed by atoms with E-state index in [0.717, 1.165) is 22.5 Å². The third-order valence-electron chi connectivity index (χ3n) is 2.98. The van der Waals surface area contributed by atoms with Gasteiger partial charge in [0.25, 0.3) is 10.0 Å². The average molecular weight is 324 g/mol. The molecule has 3 aromatic rings. The molecule has 0 atom stereocenters. The van der Waals surface area contributed by atoms with Gasteiger partial charge in [-0.25, -0.2) is 17.2 Å². The zero-order valence-corrected chi connectivity index (χ0v) is 12.1. The quantitative estimate of drug-likeness (QED) is 0.743. The number of furan rings is 1. The molecule has 0 radical (unpaired) electrons. The van der Waals surface area contributed by atoms with Crippen LogP contribution in [-0.2, 0) is 10.0 Å². The lowest BCUT2D eigenvalue weighted by Crippen LogP contribution is -2.12. The van der Waals surface area contributed by atoms with Crippen LogP contribution in [0.15, 0.2) is 47.0 Å². The van der Waals surface area contributed by atoms with Crippen LogP contribution in [0.2, 0.25) is 0 Å². The molecule has 0 saturated carbocycles. The molecule has 22 heavy (non-hydrogen) atoms. The maximum absolute atomic E-state index is 13.7. The lowest BCUT2D eigenvalue weighted by Gasteiger charge is -2.02. The maximum atomic E-state index is 13.7. The Balaban J connectivity index is 2.07. The number of halogens is 2. The third-order valence-corrected chi connectivity index (χ3v) is 3.90. The van der Waals surface area contributed by atoms with Crippen LogP contribution in [0.3, 0.4) is 0 Å². The molecular weight excluding hydrogens is 314 g/mol. The third kappa shape index (κ3) is 2.52. The number of hydrogen-bond donors (Lipinski definition) is 0. The summed E-state index contributed by atoms with van der Waals surface area (Å²) in [7, 11) is -3.59. The number of benzene rings is 1. The predicted octanol–water partition coefficient (Wildman–Crippen LogP) is 2.90. The van der Waals surface area contributed by atoms with E-state index in [2.05, 4.69) is 5.10 Å². The molecule has 1 aromatic carbocycles. The van der Waals surface area contributed by atoms with E-state index in [0.29, 0.717) is 0 Å². The Kier molecular flexibility index (Phi) is 3.32. The second-order valence-corrected chi connectivity index (χ2v) is 6.42. The lowest BCUT2D eigenvalue weighted by atomic mass is 10.1. The van der Waals surface area contributed by atoms with E-state index in [1.165, 1.54) is 30.5 Å². The Bertz CT molecular complexity index is 945. The van der Waals surface area contributed by atoms with Crippen molar-refractivity contribution in [2.45, 2.75) is 0 Å². The van der Waals surface area contributed by atoms with E-state index < -0.39 is 21.7 Å². The van der Waals surface area contributed by atoms with E-state index in [9.17, 15) is 17.2 Å². The monoisotopic (exact) mass is 324 g/mol. The highest BCUT2D eigenvalue weighted by Crippen LogP contribution is 2.30. The topological polar surface area (TPSA) is 65.1 Å². The number of rotatable bonds is 3. The van der Waals surface area contributed by atoms with Crippen LogP contribution in [0.4, 0.5) is 8.78 Å². The SMILES string of the molecule is CS(=O)(=O)n1nccc1-c1ccc(-c2ccc(F)cc2F)o1. The van der Waals surface area contributed by atoms with Gasteiger partial charge in [-0.2, -0.15) is 9.19 Å². The zero-order valence-electron chi connectivity index (χ0n) is 11.3. The molecular formula is C14H10F2N2O3S. The van der Waals surface area contributed by atoms with E-state index in [4.69, 9.17) is 4.42 Å². The number of hydrogen-bond acceptors (Lipinski definition) is 4. The predicted molar refractivity (Wildman–Crippen MR) is 75.5 cm³/mol. The first-order valence-corrected chi connectivity index (χ1v) is 8.01. The van der Waals surface area contributed by atoms with Gasteiger partial charge in [-0.1, -0.05) is 0 Å². The molecule has 5 nitrogen and oxygen atoms in total. The minimum absolute atomic E-state index is 0.0815. The van der Waals surface area contributed by atoms with E-state index in [1.807, 2.05) is 0 Å². The van der Waals surface area contributed by atoms with Gasteiger partial charge in [-0.05, 0) is 30.3 Å². The van der Waals surface area contributed by atoms with Gasteiger partial charge < -0.3 is 4.42 Å².